The molecule has 0 radical (unpaired) electrons. The number of hydrogen-bond donors (Lipinski definition) is 1. The zero-order chi connectivity index (χ0) is 16.5. The molecule has 3 nitrogen and oxygen atoms in total. The molecular weight excluding hydrogens is 310 g/mol. The third kappa shape index (κ3) is 4.85. The minimum Gasteiger partial charge on any atom is -0.491 e. The SMILES string of the molecule is Cc1ccc(C)c(OCC(O)CN2C(C)(C)CCC2(C)C)c1.Cl. The predicted octanol–water partition coefficient (Wildman–Crippen LogP) is 4.12. The third-order valence-corrected chi connectivity index (χ3v) is 4.98. The van der Waals surface area contributed by atoms with E-state index in [1.165, 1.54) is 18.4 Å². The Labute approximate surface area is 147 Å². The van der Waals surface area contributed by atoms with Crippen LogP contribution < -0.4 is 4.74 Å². The van der Waals surface area contributed by atoms with Crippen LogP contribution in [-0.4, -0.2) is 40.3 Å². The lowest BCUT2D eigenvalue weighted by molar-refractivity contribution is 0.00521. The van der Waals surface area contributed by atoms with Crippen LogP contribution in [0.5, 0.6) is 5.75 Å². The number of likely N-dealkylation sites (tertiary alicyclic amines) is 1. The van der Waals surface area contributed by atoms with E-state index >= 15 is 0 Å². The summed E-state index contributed by atoms with van der Waals surface area (Å²) >= 11 is 0. The van der Waals surface area contributed by atoms with Gasteiger partial charge in [-0.2, -0.15) is 0 Å². The zero-order valence-corrected chi connectivity index (χ0v) is 16.2. The average molecular weight is 342 g/mol. The van der Waals surface area contributed by atoms with Crippen molar-refractivity contribution in [2.24, 2.45) is 0 Å². The Morgan fingerprint density at radius 2 is 1.70 bits per heavy atom. The second-order valence-electron chi connectivity index (χ2n) is 7.97. The number of halogens is 1. The lowest BCUT2D eigenvalue weighted by Crippen LogP contribution is -2.52. The van der Waals surface area contributed by atoms with Crippen molar-refractivity contribution in [2.45, 2.75) is 71.6 Å². The maximum atomic E-state index is 10.4. The first kappa shape index (κ1) is 20.3. The lowest BCUT2D eigenvalue weighted by Gasteiger charge is -2.41. The molecule has 0 saturated carbocycles. The number of β-amino-alcohol motifs (C(OH)–C–C–N with tert-alkyl or cyclic N) is 1. The molecule has 4 heteroatoms. The molecule has 2 rings (SSSR count). The van der Waals surface area contributed by atoms with Gasteiger partial charge >= 0.3 is 0 Å². The van der Waals surface area contributed by atoms with Gasteiger partial charge in [-0.25, -0.2) is 0 Å². The van der Waals surface area contributed by atoms with E-state index in [4.69, 9.17) is 4.74 Å². The fourth-order valence-electron chi connectivity index (χ4n) is 3.51. The number of benzene rings is 1. The molecule has 0 amide bonds. The van der Waals surface area contributed by atoms with Crippen molar-refractivity contribution in [3.8, 4) is 5.75 Å². The number of rotatable bonds is 5. The molecule has 1 saturated heterocycles. The van der Waals surface area contributed by atoms with E-state index in [0.29, 0.717) is 13.2 Å². The van der Waals surface area contributed by atoms with Crippen molar-refractivity contribution in [1.82, 2.24) is 4.90 Å². The molecule has 1 fully saturated rings. The van der Waals surface area contributed by atoms with Crippen LogP contribution in [-0.2, 0) is 0 Å². The monoisotopic (exact) mass is 341 g/mol. The van der Waals surface area contributed by atoms with Gasteiger partial charge < -0.3 is 9.84 Å². The smallest absolute Gasteiger partial charge is 0.122 e. The van der Waals surface area contributed by atoms with Gasteiger partial charge in [-0.15, -0.1) is 12.4 Å². The van der Waals surface area contributed by atoms with E-state index in [0.717, 1.165) is 11.3 Å². The Hall–Kier alpha value is -0.770. The summed E-state index contributed by atoms with van der Waals surface area (Å²) in [6, 6.07) is 6.17. The summed E-state index contributed by atoms with van der Waals surface area (Å²) in [7, 11) is 0. The number of hydrogen-bond acceptors (Lipinski definition) is 3. The van der Waals surface area contributed by atoms with Gasteiger partial charge in [0.1, 0.15) is 18.5 Å². The summed E-state index contributed by atoms with van der Waals surface area (Å²) < 4.78 is 5.85. The molecule has 1 unspecified atom stereocenters. The summed E-state index contributed by atoms with van der Waals surface area (Å²) in [5.74, 6) is 0.874. The van der Waals surface area contributed by atoms with E-state index in [9.17, 15) is 5.11 Å². The number of aryl methyl sites for hydroxylation is 2. The largest absolute Gasteiger partial charge is 0.491 e. The second-order valence-corrected chi connectivity index (χ2v) is 7.97. The maximum absolute atomic E-state index is 10.4. The second kappa shape index (κ2) is 7.42. The molecule has 0 aromatic heterocycles. The molecular formula is C19H32ClNO2. The Bertz CT molecular complexity index is 512. The molecule has 132 valence electrons. The standard InChI is InChI=1S/C19H31NO2.ClH/c1-14-7-8-15(2)17(11-14)22-13-16(21)12-20-18(3,4)9-10-19(20,5)6;/h7-8,11,16,21H,9-10,12-13H2,1-6H3;1H. The van der Waals surface area contributed by atoms with E-state index < -0.39 is 6.10 Å². The van der Waals surface area contributed by atoms with Crippen LogP contribution in [0.2, 0.25) is 0 Å². The molecule has 0 bridgehead atoms. The molecule has 0 aliphatic carbocycles. The van der Waals surface area contributed by atoms with E-state index in [1.54, 1.807) is 0 Å². The van der Waals surface area contributed by atoms with Gasteiger partial charge in [-0.3, -0.25) is 4.90 Å². The molecule has 1 atom stereocenters. The molecule has 23 heavy (non-hydrogen) atoms. The van der Waals surface area contributed by atoms with Crippen LogP contribution in [0, 0.1) is 13.8 Å². The third-order valence-electron chi connectivity index (χ3n) is 4.98. The van der Waals surface area contributed by atoms with Crippen LogP contribution in [0.3, 0.4) is 0 Å². The predicted molar refractivity (Wildman–Crippen MR) is 98.8 cm³/mol. The van der Waals surface area contributed by atoms with Gasteiger partial charge in [0.15, 0.2) is 0 Å². The molecule has 1 aliphatic rings. The first-order valence-corrected chi connectivity index (χ1v) is 8.28. The van der Waals surface area contributed by atoms with E-state index in [-0.39, 0.29) is 23.5 Å². The van der Waals surface area contributed by atoms with Gasteiger partial charge in [0.25, 0.3) is 0 Å². The normalized spacial score (nSPS) is 20.8. The molecule has 1 N–H and O–H groups in total. The van der Waals surface area contributed by atoms with Crippen molar-refractivity contribution in [3.05, 3.63) is 29.3 Å². The summed E-state index contributed by atoms with van der Waals surface area (Å²) in [5.41, 5.74) is 2.57. The molecule has 1 aromatic rings. The van der Waals surface area contributed by atoms with Crippen molar-refractivity contribution >= 4 is 12.4 Å². The van der Waals surface area contributed by atoms with Crippen molar-refractivity contribution in [1.29, 1.82) is 0 Å². The summed E-state index contributed by atoms with van der Waals surface area (Å²) in [6.07, 6.45) is 1.87. The fourth-order valence-corrected chi connectivity index (χ4v) is 3.51. The minimum atomic E-state index is -0.475. The van der Waals surface area contributed by atoms with Gasteiger partial charge in [-0.05, 0) is 71.6 Å². The number of ether oxygens (including phenoxy) is 1. The topological polar surface area (TPSA) is 32.7 Å². The molecule has 1 aliphatic heterocycles. The lowest BCUT2D eigenvalue weighted by atomic mass is 10.0. The number of nitrogens with zero attached hydrogens (tertiary/aromatic N) is 1. The highest BCUT2D eigenvalue weighted by Crippen LogP contribution is 2.40. The maximum Gasteiger partial charge on any atom is 0.122 e. The van der Waals surface area contributed by atoms with E-state index in [1.807, 2.05) is 13.0 Å². The van der Waals surface area contributed by atoms with Gasteiger partial charge in [0.2, 0.25) is 0 Å². The molecule has 1 heterocycles. The average Bonchev–Trinajstić information content (AvgIpc) is 2.63. The first-order chi connectivity index (χ1) is 10.1. The van der Waals surface area contributed by atoms with Crippen LogP contribution in [0.15, 0.2) is 18.2 Å². The number of aliphatic hydroxyl groups is 1. The van der Waals surface area contributed by atoms with Crippen LogP contribution in [0.25, 0.3) is 0 Å². The Kier molecular flexibility index (Phi) is 6.54. The van der Waals surface area contributed by atoms with Crippen molar-refractivity contribution in [3.63, 3.8) is 0 Å². The summed E-state index contributed by atoms with van der Waals surface area (Å²) in [5, 5.41) is 10.4. The fraction of sp³-hybridized carbons (Fsp3) is 0.684. The zero-order valence-electron chi connectivity index (χ0n) is 15.3. The highest BCUT2D eigenvalue weighted by Gasteiger charge is 2.44. The van der Waals surface area contributed by atoms with E-state index in [2.05, 4.69) is 51.7 Å². The molecule has 1 aromatic carbocycles. The number of aliphatic hydroxyl groups excluding tert-OH is 1. The Morgan fingerprint density at radius 3 is 2.26 bits per heavy atom. The van der Waals surface area contributed by atoms with Crippen molar-refractivity contribution < 1.29 is 9.84 Å². The highest BCUT2D eigenvalue weighted by atomic mass is 35.5. The Morgan fingerprint density at radius 1 is 1.13 bits per heavy atom. The van der Waals surface area contributed by atoms with Gasteiger partial charge in [-0.1, -0.05) is 12.1 Å². The Balaban J connectivity index is 0.00000264. The summed E-state index contributed by atoms with van der Waals surface area (Å²) in [4.78, 5) is 2.43. The highest BCUT2D eigenvalue weighted by molar-refractivity contribution is 5.85. The van der Waals surface area contributed by atoms with Gasteiger partial charge in [0.05, 0.1) is 0 Å². The van der Waals surface area contributed by atoms with Crippen LogP contribution >= 0.6 is 12.4 Å². The first-order valence-electron chi connectivity index (χ1n) is 8.28. The van der Waals surface area contributed by atoms with Crippen molar-refractivity contribution in [2.75, 3.05) is 13.2 Å². The van der Waals surface area contributed by atoms with Gasteiger partial charge in [0, 0.05) is 17.6 Å². The quantitative estimate of drug-likeness (QED) is 0.874. The molecule has 0 spiro atoms. The van der Waals surface area contributed by atoms with Crippen LogP contribution in [0.1, 0.15) is 51.7 Å². The van der Waals surface area contributed by atoms with Crippen LogP contribution in [0.4, 0.5) is 0 Å². The summed E-state index contributed by atoms with van der Waals surface area (Å²) in [6.45, 7) is 14.1. The minimum absolute atomic E-state index is 0.